The zero-order valence-corrected chi connectivity index (χ0v) is 16.3. The third kappa shape index (κ3) is 4.30. The Kier molecular flexibility index (Phi) is 5.41. The van der Waals surface area contributed by atoms with Crippen molar-refractivity contribution in [2.24, 2.45) is 0 Å². The Hall–Kier alpha value is -2.22. The highest BCUT2D eigenvalue weighted by Crippen LogP contribution is 2.24. The number of rotatable bonds is 6. The van der Waals surface area contributed by atoms with Crippen molar-refractivity contribution in [3.8, 4) is 11.3 Å². The lowest BCUT2D eigenvalue weighted by molar-refractivity contribution is 0.101. The molecule has 0 saturated carbocycles. The van der Waals surface area contributed by atoms with E-state index >= 15 is 0 Å². The molecule has 0 atom stereocenters. The van der Waals surface area contributed by atoms with Crippen LogP contribution in [-0.2, 0) is 16.6 Å². The molecular formula is C19H16BrNO4S. The minimum Gasteiger partial charge on any atom is -0.460 e. The van der Waals surface area contributed by atoms with Gasteiger partial charge in [0.2, 0.25) is 10.0 Å². The van der Waals surface area contributed by atoms with Gasteiger partial charge < -0.3 is 4.42 Å². The van der Waals surface area contributed by atoms with Gasteiger partial charge >= 0.3 is 0 Å². The zero-order valence-electron chi connectivity index (χ0n) is 13.9. The first-order chi connectivity index (χ1) is 12.3. The molecule has 0 spiro atoms. The summed E-state index contributed by atoms with van der Waals surface area (Å²) in [4.78, 5) is 11.4. The standard InChI is InChI=1S/C19H16BrNO4S/c1-13(22)14-4-9-18(10-5-14)26(23,24)21-12-17-8-11-19(25-17)15-2-6-16(20)7-3-15/h2-11,21H,12H2,1H3. The number of ketones is 1. The van der Waals surface area contributed by atoms with E-state index in [1.807, 2.05) is 24.3 Å². The number of hydrogen-bond acceptors (Lipinski definition) is 4. The lowest BCUT2D eigenvalue weighted by Gasteiger charge is -2.06. The highest BCUT2D eigenvalue weighted by atomic mass is 79.9. The largest absolute Gasteiger partial charge is 0.460 e. The van der Waals surface area contributed by atoms with E-state index in [0.29, 0.717) is 17.1 Å². The topological polar surface area (TPSA) is 76.4 Å². The molecule has 0 amide bonds. The van der Waals surface area contributed by atoms with Crippen molar-refractivity contribution in [3.05, 3.63) is 76.5 Å². The second-order valence-corrected chi connectivity index (χ2v) is 8.36. The smallest absolute Gasteiger partial charge is 0.240 e. The second-order valence-electron chi connectivity index (χ2n) is 5.68. The van der Waals surface area contributed by atoms with Crippen LogP contribution in [0.3, 0.4) is 0 Å². The highest BCUT2D eigenvalue weighted by molar-refractivity contribution is 9.10. The molecule has 3 aromatic rings. The van der Waals surface area contributed by atoms with Crippen LogP contribution < -0.4 is 4.72 Å². The summed E-state index contributed by atoms with van der Waals surface area (Å²) in [6.07, 6.45) is 0. The second kappa shape index (κ2) is 7.57. The first-order valence-corrected chi connectivity index (χ1v) is 10.1. The van der Waals surface area contributed by atoms with Crippen LogP contribution in [0.25, 0.3) is 11.3 Å². The molecule has 5 nitrogen and oxygen atoms in total. The van der Waals surface area contributed by atoms with Gasteiger partial charge in [0, 0.05) is 15.6 Å². The predicted molar refractivity (Wildman–Crippen MR) is 102 cm³/mol. The fraction of sp³-hybridized carbons (Fsp3) is 0.105. The van der Waals surface area contributed by atoms with E-state index in [4.69, 9.17) is 4.42 Å². The molecule has 0 unspecified atom stereocenters. The van der Waals surface area contributed by atoms with Gasteiger partial charge in [0.25, 0.3) is 0 Å². The van der Waals surface area contributed by atoms with E-state index in [1.165, 1.54) is 31.2 Å². The van der Waals surface area contributed by atoms with Crippen molar-refractivity contribution in [2.45, 2.75) is 18.4 Å². The third-order valence-corrected chi connectivity index (χ3v) is 5.74. The van der Waals surface area contributed by atoms with Gasteiger partial charge in [0.05, 0.1) is 11.4 Å². The molecule has 0 aliphatic carbocycles. The summed E-state index contributed by atoms with van der Waals surface area (Å²) in [5.74, 6) is 1.06. The third-order valence-electron chi connectivity index (χ3n) is 3.80. The van der Waals surface area contributed by atoms with Crippen molar-refractivity contribution < 1.29 is 17.6 Å². The van der Waals surface area contributed by atoms with Crippen molar-refractivity contribution in [1.29, 1.82) is 0 Å². The number of carbonyl (C=O) groups excluding carboxylic acids is 1. The van der Waals surface area contributed by atoms with Crippen LogP contribution >= 0.6 is 15.9 Å². The van der Waals surface area contributed by atoms with Crippen LogP contribution in [0.4, 0.5) is 0 Å². The molecule has 1 aromatic heterocycles. The summed E-state index contributed by atoms with van der Waals surface area (Å²) in [6, 6.07) is 17.0. The van der Waals surface area contributed by atoms with E-state index < -0.39 is 10.0 Å². The van der Waals surface area contributed by atoms with Crippen LogP contribution in [0.15, 0.2) is 74.4 Å². The summed E-state index contributed by atoms with van der Waals surface area (Å²) >= 11 is 3.38. The summed E-state index contributed by atoms with van der Waals surface area (Å²) in [5.41, 5.74) is 1.37. The van der Waals surface area contributed by atoms with E-state index in [1.54, 1.807) is 12.1 Å². The van der Waals surface area contributed by atoms with E-state index in [9.17, 15) is 13.2 Å². The number of benzene rings is 2. The maximum Gasteiger partial charge on any atom is 0.240 e. The molecule has 0 radical (unpaired) electrons. The van der Waals surface area contributed by atoms with Gasteiger partial charge in [-0.05, 0) is 43.3 Å². The molecule has 0 aliphatic rings. The number of nitrogens with one attached hydrogen (secondary N) is 1. The monoisotopic (exact) mass is 433 g/mol. The van der Waals surface area contributed by atoms with Gasteiger partial charge in [-0.2, -0.15) is 0 Å². The summed E-state index contributed by atoms with van der Waals surface area (Å²) in [7, 11) is -3.69. The molecule has 7 heteroatoms. The zero-order chi connectivity index (χ0) is 18.7. The van der Waals surface area contributed by atoms with Gasteiger partial charge in [0.15, 0.2) is 5.78 Å². The van der Waals surface area contributed by atoms with E-state index in [2.05, 4.69) is 20.7 Å². The van der Waals surface area contributed by atoms with Crippen molar-refractivity contribution in [3.63, 3.8) is 0 Å². The summed E-state index contributed by atoms with van der Waals surface area (Å²) < 4.78 is 33.9. The van der Waals surface area contributed by atoms with Crippen LogP contribution in [0.1, 0.15) is 23.0 Å². The maximum absolute atomic E-state index is 12.4. The molecule has 2 aromatic carbocycles. The number of sulfonamides is 1. The Morgan fingerprint density at radius 1 is 1.00 bits per heavy atom. The average molecular weight is 434 g/mol. The molecule has 1 N–H and O–H groups in total. The molecule has 0 saturated heterocycles. The maximum atomic E-state index is 12.4. The molecule has 1 heterocycles. The Balaban J connectivity index is 1.70. The van der Waals surface area contributed by atoms with Gasteiger partial charge in [-0.1, -0.05) is 40.2 Å². The Bertz CT molecular complexity index is 1020. The number of furan rings is 1. The Labute approximate surface area is 160 Å². The minimum absolute atomic E-state index is 0.0350. The lowest BCUT2D eigenvalue weighted by Crippen LogP contribution is -2.23. The average Bonchev–Trinajstić information content (AvgIpc) is 3.10. The van der Waals surface area contributed by atoms with Crippen LogP contribution in [-0.4, -0.2) is 14.2 Å². The first kappa shape index (κ1) is 18.6. The molecule has 134 valence electrons. The number of halogens is 1. The van der Waals surface area contributed by atoms with Crippen molar-refractivity contribution >= 4 is 31.7 Å². The molecule has 3 rings (SSSR count). The fourth-order valence-corrected chi connectivity index (χ4v) is 3.62. The van der Waals surface area contributed by atoms with Crippen LogP contribution in [0, 0.1) is 0 Å². The quantitative estimate of drug-likeness (QED) is 0.584. The van der Waals surface area contributed by atoms with E-state index in [-0.39, 0.29) is 17.2 Å². The summed E-state index contributed by atoms with van der Waals surface area (Å²) in [5, 5.41) is 0. The molecule has 0 bridgehead atoms. The van der Waals surface area contributed by atoms with Crippen molar-refractivity contribution in [1.82, 2.24) is 4.72 Å². The molecule has 0 fully saturated rings. The minimum atomic E-state index is -3.69. The predicted octanol–water partition coefficient (Wildman–Crippen LogP) is 4.39. The van der Waals surface area contributed by atoms with Crippen LogP contribution in [0.5, 0.6) is 0 Å². The van der Waals surface area contributed by atoms with Gasteiger partial charge in [-0.25, -0.2) is 13.1 Å². The Morgan fingerprint density at radius 2 is 1.65 bits per heavy atom. The number of Topliss-reactive ketones (excluding diaryl/α,β-unsaturated/α-hetero) is 1. The summed E-state index contributed by atoms with van der Waals surface area (Å²) in [6.45, 7) is 1.47. The van der Waals surface area contributed by atoms with Gasteiger partial charge in [-0.3, -0.25) is 4.79 Å². The van der Waals surface area contributed by atoms with E-state index in [0.717, 1.165) is 10.0 Å². The van der Waals surface area contributed by atoms with Gasteiger partial charge in [-0.15, -0.1) is 0 Å². The number of hydrogen-bond donors (Lipinski definition) is 1. The Morgan fingerprint density at radius 3 is 2.27 bits per heavy atom. The SMILES string of the molecule is CC(=O)c1ccc(S(=O)(=O)NCc2ccc(-c3ccc(Br)cc3)o2)cc1. The van der Waals surface area contributed by atoms with Gasteiger partial charge in [0.1, 0.15) is 11.5 Å². The fourth-order valence-electron chi connectivity index (χ4n) is 2.36. The van der Waals surface area contributed by atoms with Crippen molar-refractivity contribution in [2.75, 3.05) is 0 Å². The molecule has 26 heavy (non-hydrogen) atoms. The normalized spacial score (nSPS) is 11.5. The van der Waals surface area contributed by atoms with Crippen LogP contribution in [0.2, 0.25) is 0 Å². The highest BCUT2D eigenvalue weighted by Gasteiger charge is 2.15. The molecular weight excluding hydrogens is 418 g/mol. The molecule has 0 aliphatic heterocycles. The lowest BCUT2D eigenvalue weighted by atomic mass is 10.2. The first-order valence-electron chi connectivity index (χ1n) is 7.80. The number of carbonyl (C=O) groups is 1.